The molecular formula is C29H36N6O5S. The normalized spacial score (nSPS) is 15.9. The maximum atomic E-state index is 12.9. The van der Waals surface area contributed by atoms with Gasteiger partial charge in [-0.15, -0.1) is 0 Å². The fourth-order valence-corrected chi connectivity index (χ4v) is 5.85. The van der Waals surface area contributed by atoms with Crippen LogP contribution in [0.3, 0.4) is 0 Å². The number of amides is 2. The summed E-state index contributed by atoms with van der Waals surface area (Å²) in [5.41, 5.74) is 4.69. The number of nitrogens with one attached hydrogen (secondary N) is 2. The number of methoxy groups -OCH3 is 1. The molecule has 218 valence electrons. The SMILES string of the molecule is COc1c(CNC(=O)c2cc(C3CC3)nn2C)cccc1NCc1ccc(C(=O)N2CCN(S(C)(=O)=O)CC2)cc1. The third kappa shape index (κ3) is 6.71. The van der Waals surface area contributed by atoms with E-state index in [9.17, 15) is 18.0 Å². The van der Waals surface area contributed by atoms with E-state index >= 15 is 0 Å². The van der Waals surface area contributed by atoms with Gasteiger partial charge in [0, 0.05) is 63.4 Å². The number of rotatable bonds is 10. The monoisotopic (exact) mass is 580 g/mol. The Morgan fingerprint density at radius 3 is 2.37 bits per heavy atom. The number of aryl methyl sites for hydroxylation is 1. The number of benzene rings is 2. The molecule has 0 radical (unpaired) electrons. The lowest BCUT2D eigenvalue weighted by molar-refractivity contribution is 0.0698. The number of para-hydroxylation sites is 1. The van der Waals surface area contributed by atoms with Gasteiger partial charge >= 0.3 is 0 Å². The summed E-state index contributed by atoms with van der Waals surface area (Å²) < 4.78 is 32.2. The first-order valence-electron chi connectivity index (χ1n) is 13.7. The summed E-state index contributed by atoms with van der Waals surface area (Å²) in [7, 11) is 0.145. The summed E-state index contributed by atoms with van der Waals surface area (Å²) in [4.78, 5) is 27.4. The Kier molecular flexibility index (Phi) is 8.32. The summed E-state index contributed by atoms with van der Waals surface area (Å²) in [6.45, 7) is 2.16. The molecule has 11 nitrogen and oxygen atoms in total. The molecule has 0 unspecified atom stereocenters. The van der Waals surface area contributed by atoms with Crippen LogP contribution in [0.15, 0.2) is 48.5 Å². The van der Waals surface area contributed by atoms with Crippen LogP contribution in [0.4, 0.5) is 5.69 Å². The highest BCUT2D eigenvalue weighted by atomic mass is 32.2. The van der Waals surface area contributed by atoms with Gasteiger partial charge in [0.2, 0.25) is 10.0 Å². The Hall–Kier alpha value is -3.90. The highest BCUT2D eigenvalue weighted by Gasteiger charge is 2.28. The third-order valence-electron chi connectivity index (χ3n) is 7.55. The molecule has 3 aromatic rings. The number of hydrogen-bond donors (Lipinski definition) is 2. The average Bonchev–Trinajstić information content (AvgIpc) is 3.75. The van der Waals surface area contributed by atoms with Crippen molar-refractivity contribution in [1.82, 2.24) is 24.3 Å². The first-order chi connectivity index (χ1) is 19.6. The summed E-state index contributed by atoms with van der Waals surface area (Å²) in [6.07, 6.45) is 3.45. The molecule has 2 aliphatic rings. The van der Waals surface area contributed by atoms with Crippen LogP contribution in [-0.2, 0) is 30.2 Å². The maximum absolute atomic E-state index is 12.9. The molecule has 0 bridgehead atoms. The van der Waals surface area contributed by atoms with Crippen molar-refractivity contribution < 1.29 is 22.7 Å². The van der Waals surface area contributed by atoms with Crippen molar-refractivity contribution in [1.29, 1.82) is 0 Å². The van der Waals surface area contributed by atoms with Crippen LogP contribution in [0, 0.1) is 0 Å². The number of carbonyl (C=O) groups excluding carboxylic acids is 2. The van der Waals surface area contributed by atoms with Gasteiger partial charge in [0.1, 0.15) is 11.4 Å². The molecule has 1 aliphatic heterocycles. The molecule has 2 N–H and O–H groups in total. The van der Waals surface area contributed by atoms with Crippen molar-refractivity contribution in [3.8, 4) is 5.75 Å². The van der Waals surface area contributed by atoms with Crippen molar-refractivity contribution in [2.24, 2.45) is 7.05 Å². The van der Waals surface area contributed by atoms with Gasteiger partial charge in [-0.3, -0.25) is 14.3 Å². The zero-order valence-electron chi connectivity index (χ0n) is 23.6. The molecule has 2 amide bonds. The molecule has 1 aromatic heterocycles. The van der Waals surface area contributed by atoms with Crippen molar-refractivity contribution in [3.63, 3.8) is 0 Å². The van der Waals surface area contributed by atoms with Gasteiger partial charge in [0.05, 0.1) is 24.7 Å². The van der Waals surface area contributed by atoms with E-state index in [4.69, 9.17) is 4.74 Å². The molecule has 2 fully saturated rings. The Balaban J connectivity index is 1.17. The molecule has 1 aliphatic carbocycles. The van der Waals surface area contributed by atoms with Gasteiger partial charge in [-0.25, -0.2) is 8.42 Å². The van der Waals surface area contributed by atoms with E-state index in [1.54, 1.807) is 35.9 Å². The maximum Gasteiger partial charge on any atom is 0.269 e. The second-order valence-corrected chi connectivity index (χ2v) is 12.5. The van der Waals surface area contributed by atoms with E-state index in [0.29, 0.717) is 62.2 Å². The average molecular weight is 581 g/mol. The largest absolute Gasteiger partial charge is 0.494 e. The van der Waals surface area contributed by atoms with Crippen LogP contribution in [0.25, 0.3) is 0 Å². The number of nitrogens with zero attached hydrogens (tertiary/aromatic N) is 4. The van der Waals surface area contributed by atoms with Gasteiger partial charge in [-0.05, 0) is 42.7 Å². The van der Waals surface area contributed by atoms with Crippen molar-refractivity contribution in [2.75, 3.05) is 44.9 Å². The van der Waals surface area contributed by atoms with Gasteiger partial charge < -0.3 is 20.3 Å². The molecule has 0 atom stereocenters. The van der Waals surface area contributed by atoms with Crippen LogP contribution < -0.4 is 15.4 Å². The third-order valence-corrected chi connectivity index (χ3v) is 8.85. The minimum atomic E-state index is -3.25. The lowest BCUT2D eigenvalue weighted by Gasteiger charge is -2.33. The second kappa shape index (κ2) is 11.9. The zero-order chi connectivity index (χ0) is 29.1. The van der Waals surface area contributed by atoms with Crippen LogP contribution >= 0.6 is 0 Å². The van der Waals surface area contributed by atoms with Gasteiger partial charge in [0.25, 0.3) is 11.8 Å². The molecule has 1 saturated heterocycles. The van der Waals surface area contributed by atoms with Crippen LogP contribution in [0.1, 0.15) is 56.4 Å². The van der Waals surface area contributed by atoms with Crippen LogP contribution in [-0.4, -0.2) is 78.8 Å². The number of piperazine rings is 1. The lowest BCUT2D eigenvalue weighted by atomic mass is 10.1. The fraction of sp³-hybridized carbons (Fsp3) is 0.414. The van der Waals surface area contributed by atoms with Crippen molar-refractivity contribution in [3.05, 3.63) is 76.6 Å². The molecule has 1 saturated carbocycles. The van der Waals surface area contributed by atoms with Crippen molar-refractivity contribution >= 4 is 27.5 Å². The highest BCUT2D eigenvalue weighted by molar-refractivity contribution is 7.88. The number of anilines is 1. The summed E-state index contributed by atoms with van der Waals surface area (Å²) in [5.74, 6) is 0.840. The Bertz CT molecular complexity index is 1520. The topological polar surface area (TPSA) is 126 Å². The number of ether oxygens (including phenoxy) is 1. The van der Waals surface area contributed by atoms with E-state index in [-0.39, 0.29) is 11.8 Å². The summed E-state index contributed by atoms with van der Waals surface area (Å²) in [5, 5.41) is 10.9. The van der Waals surface area contributed by atoms with Crippen molar-refractivity contribution in [2.45, 2.75) is 31.8 Å². The first kappa shape index (κ1) is 28.6. The standard InChI is InChI=1S/C29H36N6O5S/c1-33-26(17-25(32-33)21-11-12-21)28(36)31-19-23-5-4-6-24(27(23)40-2)30-18-20-7-9-22(10-8-20)29(37)34-13-15-35(16-14-34)41(3,38)39/h4-10,17,21,30H,11-16,18-19H2,1-3H3,(H,31,36). The van der Waals surface area contributed by atoms with E-state index < -0.39 is 10.0 Å². The zero-order valence-corrected chi connectivity index (χ0v) is 24.4. The van der Waals surface area contributed by atoms with E-state index in [0.717, 1.165) is 35.3 Å². The first-order valence-corrected chi connectivity index (χ1v) is 15.5. The lowest BCUT2D eigenvalue weighted by Crippen LogP contribution is -2.50. The number of carbonyl (C=O) groups is 2. The number of sulfonamides is 1. The fourth-order valence-electron chi connectivity index (χ4n) is 5.02. The minimum absolute atomic E-state index is 0.107. The molecule has 12 heteroatoms. The molecule has 2 aromatic carbocycles. The van der Waals surface area contributed by atoms with E-state index in [1.807, 2.05) is 36.4 Å². The summed E-state index contributed by atoms with van der Waals surface area (Å²) in [6, 6.07) is 15.0. The predicted octanol–water partition coefficient (Wildman–Crippen LogP) is 2.57. The Labute approximate surface area is 240 Å². The Morgan fingerprint density at radius 1 is 1.02 bits per heavy atom. The van der Waals surface area contributed by atoms with Gasteiger partial charge in [-0.1, -0.05) is 24.3 Å². The molecule has 41 heavy (non-hydrogen) atoms. The summed E-state index contributed by atoms with van der Waals surface area (Å²) >= 11 is 0. The second-order valence-electron chi connectivity index (χ2n) is 10.5. The van der Waals surface area contributed by atoms with Gasteiger partial charge in [0.15, 0.2) is 0 Å². The Morgan fingerprint density at radius 2 is 1.73 bits per heavy atom. The van der Waals surface area contributed by atoms with Crippen LogP contribution in [0.2, 0.25) is 0 Å². The molecule has 5 rings (SSSR count). The van der Waals surface area contributed by atoms with E-state index in [2.05, 4.69) is 15.7 Å². The van der Waals surface area contributed by atoms with E-state index in [1.165, 1.54) is 10.6 Å². The van der Waals surface area contributed by atoms with Gasteiger partial charge in [-0.2, -0.15) is 9.40 Å². The molecular weight excluding hydrogens is 544 g/mol. The quantitative estimate of drug-likeness (QED) is 0.378. The molecule has 2 heterocycles. The highest BCUT2D eigenvalue weighted by Crippen LogP contribution is 2.39. The minimum Gasteiger partial charge on any atom is -0.494 e. The molecule has 0 spiro atoms. The smallest absolute Gasteiger partial charge is 0.269 e. The predicted molar refractivity (Wildman–Crippen MR) is 155 cm³/mol. The number of aromatic nitrogens is 2. The number of hydrogen-bond acceptors (Lipinski definition) is 7. The van der Waals surface area contributed by atoms with Crippen LogP contribution in [0.5, 0.6) is 5.75 Å².